The average Bonchev–Trinajstić information content (AvgIpc) is 2.95. The molecule has 2 N–H and O–H groups in total. The molecule has 0 spiro atoms. The zero-order valence-electron chi connectivity index (χ0n) is 11.8. The van der Waals surface area contributed by atoms with Gasteiger partial charge < -0.3 is 4.74 Å². The van der Waals surface area contributed by atoms with E-state index < -0.39 is 0 Å². The van der Waals surface area contributed by atoms with Crippen LogP contribution in [-0.4, -0.2) is 22.1 Å². The first-order chi connectivity index (χ1) is 10.4. The van der Waals surface area contributed by atoms with Crippen LogP contribution in [0.1, 0.15) is 5.56 Å². The Labute approximate surface area is 122 Å². The Kier molecular flexibility index (Phi) is 4.09. The summed E-state index contributed by atoms with van der Waals surface area (Å²) in [6.07, 6.45) is 0. The van der Waals surface area contributed by atoms with Gasteiger partial charge in [-0.25, -0.2) is 10.1 Å². The van der Waals surface area contributed by atoms with Crippen LogP contribution < -0.4 is 15.6 Å². The predicted molar refractivity (Wildman–Crippen MR) is 80.5 cm³/mol. The van der Waals surface area contributed by atoms with E-state index in [-0.39, 0.29) is 0 Å². The summed E-state index contributed by atoms with van der Waals surface area (Å²) in [6.45, 7) is 1.27. The molecule has 108 valence electrons. The first-order valence-electron chi connectivity index (χ1n) is 6.74. The van der Waals surface area contributed by atoms with Crippen LogP contribution in [0.15, 0.2) is 48.5 Å². The highest BCUT2D eigenvalue weighted by Gasteiger charge is 2.01. The van der Waals surface area contributed by atoms with Gasteiger partial charge in [0.05, 0.1) is 12.6 Å². The number of aromatic nitrogens is 3. The lowest BCUT2D eigenvalue weighted by molar-refractivity contribution is 0.414. The molecule has 21 heavy (non-hydrogen) atoms. The van der Waals surface area contributed by atoms with Gasteiger partial charge in [0.1, 0.15) is 17.9 Å². The molecule has 2 aromatic carbocycles. The zero-order chi connectivity index (χ0) is 14.5. The number of nitrogens with zero attached hydrogens (tertiary/aromatic N) is 3. The minimum absolute atomic E-state index is 0.552. The van der Waals surface area contributed by atoms with Gasteiger partial charge in [0.15, 0.2) is 0 Å². The third-order valence-corrected chi connectivity index (χ3v) is 3.23. The van der Waals surface area contributed by atoms with E-state index >= 15 is 0 Å². The summed E-state index contributed by atoms with van der Waals surface area (Å²) in [6, 6.07) is 15.8. The second-order valence-corrected chi connectivity index (χ2v) is 4.61. The van der Waals surface area contributed by atoms with E-state index in [1.807, 2.05) is 53.2 Å². The van der Waals surface area contributed by atoms with Crippen LogP contribution in [0.2, 0.25) is 0 Å². The number of methoxy groups -OCH3 is 1. The molecule has 0 aliphatic carbocycles. The number of benzene rings is 2. The Balaban J connectivity index is 1.51. The maximum Gasteiger partial charge on any atom is 0.118 e. The smallest absolute Gasteiger partial charge is 0.118 e. The van der Waals surface area contributed by atoms with E-state index in [1.165, 1.54) is 5.56 Å². The standard InChI is InChI=1S/C15H17N5O/c1-21-13-8-6-12(7-9-13)10-16-17-11-20-15-5-3-2-4-14(15)18-19-20/h2-9,16-17H,10-11H2,1H3. The summed E-state index contributed by atoms with van der Waals surface area (Å²) in [5, 5.41) is 8.22. The molecule has 1 heterocycles. The Bertz CT molecular complexity index is 707. The molecule has 1 aromatic heterocycles. The maximum atomic E-state index is 5.13. The van der Waals surface area contributed by atoms with Crippen LogP contribution in [0.4, 0.5) is 0 Å². The molecule has 0 bridgehead atoms. The van der Waals surface area contributed by atoms with Crippen LogP contribution in [0, 0.1) is 0 Å². The Morgan fingerprint density at radius 2 is 1.86 bits per heavy atom. The minimum Gasteiger partial charge on any atom is -0.497 e. The van der Waals surface area contributed by atoms with Gasteiger partial charge in [0.2, 0.25) is 0 Å². The minimum atomic E-state index is 0.552. The number of rotatable bonds is 6. The highest BCUT2D eigenvalue weighted by Crippen LogP contribution is 2.11. The molecule has 0 unspecified atom stereocenters. The molecule has 3 rings (SSSR count). The summed E-state index contributed by atoms with van der Waals surface area (Å²) >= 11 is 0. The van der Waals surface area contributed by atoms with Gasteiger partial charge in [-0.15, -0.1) is 5.10 Å². The van der Waals surface area contributed by atoms with Crippen molar-refractivity contribution in [3.8, 4) is 5.75 Å². The summed E-state index contributed by atoms with van der Waals surface area (Å²) in [5.41, 5.74) is 9.38. The van der Waals surface area contributed by atoms with Gasteiger partial charge in [0.25, 0.3) is 0 Å². The highest BCUT2D eigenvalue weighted by molar-refractivity contribution is 5.73. The summed E-state index contributed by atoms with van der Waals surface area (Å²) in [5.74, 6) is 0.862. The second kappa shape index (κ2) is 6.34. The first kappa shape index (κ1) is 13.5. The molecule has 3 aromatic rings. The lowest BCUT2D eigenvalue weighted by Crippen LogP contribution is -2.33. The third-order valence-electron chi connectivity index (χ3n) is 3.23. The molecule has 0 saturated carbocycles. The summed E-state index contributed by atoms with van der Waals surface area (Å²) in [7, 11) is 1.66. The molecule has 0 fully saturated rings. The van der Waals surface area contributed by atoms with Crippen molar-refractivity contribution in [1.29, 1.82) is 0 Å². The van der Waals surface area contributed by atoms with Crippen LogP contribution >= 0.6 is 0 Å². The number of para-hydroxylation sites is 1. The van der Waals surface area contributed by atoms with Gasteiger partial charge >= 0.3 is 0 Å². The Hall–Kier alpha value is -2.44. The van der Waals surface area contributed by atoms with Crippen LogP contribution in [-0.2, 0) is 13.2 Å². The van der Waals surface area contributed by atoms with Gasteiger partial charge in [-0.2, -0.15) is 0 Å². The Morgan fingerprint density at radius 1 is 1.05 bits per heavy atom. The second-order valence-electron chi connectivity index (χ2n) is 4.61. The summed E-state index contributed by atoms with van der Waals surface area (Å²) in [4.78, 5) is 0. The molecule has 0 aliphatic rings. The monoisotopic (exact) mass is 283 g/mol. The number of ether oxygens (including phenoxy) is 1. The van der Waals surface area contributed by atoms with Crippen molar-refractivity contribution in [2.45, 2.75) is 13.2 Å². The lowest BCUT2D eigenvalue weighted by atomic mass is 10.2. The normalized spacial score (nSPS) is 10.9. The molecule has 0 amide bonds. The predicted octanol–water partition coefficient (Wildman–Crippen LogP) is 1.69. The van der Waals surface area contributed by atoms with E-state index in [0.717, 1.165) is 23.3 Å². The molecule has 0 saturated heterocycles. The van der Waals surface area contributed by atoms with Gasteiger partial charge in [-0.3, -0.25) is 5.43 Å². The van der Waals surface area contributed by atoms with Crippen molar-refractivity contribution < 1.29 is 4.74 Å². The number of fused-ring (bicyclic) bond motifs is 1. The maximum absolute atomic E-state index is 5.13. The molecule has 6 nitrogen and oxygen atoms in total. The van der Waals surface area contributed by atoms with E-state index in [0.29, 0.717) is 6.67 Å². The van der Waals surface area contributed by atoms with Gasteiger partial charge in [-0.05, 0) is 29.8 Å². The quantitative estimate of drug-likeness (QED) is 0.532. The molecule has 0 aliphatic heterocycles. The highest BCUT2D eigenvalue weighted by atomic mass is 16.5. The van der Waals surface area contributed by atoms with Crippen LogP contribution in [0.5, 0.6) is 5.75 Å². The molecule has 0 atom stereocenters. The summed E-state index contributed by atoms with van der Waals surface area (Å²) < 4.78 is 6.95. The molecular formula is C15H17N5O. The Morgan fingerprint density at radius 3 is 2.67 bits per heavy atom. The largest absolute Gasteiger partial charge is 0.497 e. The molecular weight excluding hydrogens is 266 g/mol. The fraction of sp³-hybridized carbons (Fsp3) is 0.200. The fourth-order valence-corrected chi connectivity index (χ4v) is 2.07. The average molecular weight is 283 g/mol. The van der Waals surface area contributed by atoms with E-state index in [9.17, 15) is 0 Å². The number of nitrogens with one attached hydrogen (secondary N) is 2. The topological polar surface area (TPSA) is 64.0 Å². The fourth-order valence-electron chi connectivity index (χ4n) is 2.07. The third kappa shape index (κ3) is 3.18. The van der Waals surface area contributed by atoms with Crippen molar-refractivity contribution in [2.75, 3.05) is 7.11 Å². The van der Waals surface area contributed by atoms with Crippen molar-refractivity contribution in [1.82, 2.24) is 25.8 Å². The van der Waals surface area contributed by atoms with Gasteiger partial charge in [-0.1, -0.05) is 29.5 Å². The number of hydrogen-bond donors (Lipinski definition) is 2. The van der Waals surface area contributed by atoms with Crippen molar-refractivity contribution in [3.05, 3.63) is 54.1 Å². The van der Waals surface area contributed by atoms with Gasteiger partial charge in [0, 0.05) is 6.54 Å². The van der Waals surface area contributed by atoms with Crippen LogP contribution in [0.25, 0.3) is 11.0 Å². The molecule has 0 radical (unpaired) electrons. The lowest BCUT2D eigenvalue weighted by Gasteiger charge is -2.08. The van der Waals surface area contributed by atoms with Crippen molar-refractivity contribution in [3.63, 3.8) is 0 Å². The van der Waals surface area contributed by atoms with Crippen molar-refractivity contribution in [2.24, 2.45) is 0 Å². The number of hydrogen-bond acceptors (Lipinski definition) is 5. The van der Waals surface area contributed by atoms with E-state index in [1.54, 1.807) is 7.11 Å². The van der Waals surface area contributed by atoms with Crippen molar-refractivity contribution >= 4 is 11.0 Å². The van der Waals surface area contributed by atoms with Crippen LogP contribution in [0.3, 0.4) is 0 Å². The van der Waals surface area contributed by atoms with E-state index in [2.05, 4.69) is 21.2 Å². The first-order valence-corrected chi connectivity index (χ1v) is 6.74. The van der Waals surface area contributed by atoms with E-state index in [4.69, 9.17) is 4.74 Å². The number of hydrazine groups is 1. The molecule has 6 heteroatoms. The zero-order valence-corrected chi connectivity index (χ0v) is 11.8. The SMILES string of the molecule is COc1ccc(CNNCn2nnc3ccccc32)cc1.